The number of aromatic amines is 1. The highest BCUT2D eigenvalue weighted by Crippen LogP contribution is 2.29. The molecule has 0 fully saturated rings. The first-order valence-corrected chi connectivity index (χ1v) is 7.23. The van der Waals surface area contributed by atoms with Crippen molar-refractivity contribution in [2.75, 3.05) is 5.32 Å². The molecule has 1 amide bonds. The maximum absolute atomic E-state index is 12.5. The standard InChI is InChI=1S/C15H15N5O2/c1-7-8(2)17-19-14-11(7)13(18-20-14)16-15(21)12-10-5-3-4-9(10)6-22-12/h6H,3-5H2,1-2H3,(H2,16,18,19,20,21). The van der Waals surface area contributed by atoms with Crippen molar-refractivity contribution in [3.63, 3.8) is 0 Å². The number of H-pyrrole nitrogens is 1. The molecule has 7 heteroatoms. The maximum Gasteiger partial charge on any atom is 0.292 e. The second-order valence-electron chi connectivity index (χ2n) is 5.58. The minimum Gasteiger partial charge on any atom is -0.459 e. The van der Waals surface area contributed by atoms with Gasteiger partial charge in [0.25, 0.3) is 5.91 Å². The fourth-order valence-corrected chi connectivity index (χ4v) is 2.94. The number of carbonyl (C=O) groups is 1. The summed E-state index contributed by atoms with van der Waals surface area (Å²) >= 11 is 0. The zero-order chi connectivity index (χ0) is 15.3. The first-order valence-electron chi connectivity index (χ1n) is 7.23. The van der Waals surface area contributed by atoms with Crippen molar-refractivity contribution in [1.82, 2.24) is 20.4 Å². The fraction of sp³-hybridized carbons (Fsp3) is 0.333. The smallest absolute Gasteiger partial charge is 0.292 e. The lowest BCUT2D eigenvalue weighted by Crippen LogP contribution is -2.13. The lowest BCUT2D eigenvalue weighted by Gasteiger charge is -2.04. The van der Waals surface area contributed by atoms with Gasteiger partial charge in [-0.05, 0) is 44.2 Å². The van der Waals surface area contributed by atoms with E-state index in [0.29, 0.717) is 17.2 Å². The summed E-state index contributed by atoms with van der Waals surface area (Å²) in [6.45, 7) is 3.81. The van der Waals surface area contributed by atoms with Gasteiger partial charge in [-0.3, -0.25) is 9.89 Å². The second kappa shape index (κ2) is 4.66. The van der Waals surface area contributed by atoms with Crippen LogP contribution in [0, 0.1) is 13.8 Å². The average Bonchev–Trinajstić information content (AvgIpc) is 3.17. The first-order chi connectivity index (χ1) is 10.6. The van der Waals surface area contributed by atoms with Crippen LogP contribution in [0.1, 0.15) is 39.4 Å². The number of carbonyl (C=O) groups excluding carboxylic acids is 1. The lowest BCUT2D eigenvalue weighted by molar-refractivity contribution is 0.0995. The SMILES string of the molecule is Cc1nnc2[nH]nc(NC(=O)c3occ4c3CCC4)c2c1C. The number of rotatable bonds is 2. The fourth-order valence-electron chi connectivity index (χ4n) is 2.94. The molecular weight excluding hydrogens is 282 g/mol. The van der Waals surface area contributed by atoms with Crippen LogP contribution in [0.2, 0.25) is 0 Å². The van der Waals surface area contributed by atoms with E-state index in [0.717, 1.165) is 47.0 Å². The molecule has 0 aliphatic heterocycles. The number of nitrogens with zero attached hydrogens (tertiary/aromatic N) is 3. The van der Waals surface area contributed by atoms with Crippen molar-refractivity contribution in [2.24, 2.45) is 0 Å². The van der Waals surface area contributed by atoms with Gasteiger partial charge in [0.2, 0.25) is 0 Å². The van der Waals surface area contributed by atoms with Crippen molar-refractivity contribution in [2.45, 2.75) is 33.1 Å². The van der Waals surface area contributed by atoms with E-state index in [9.17, 15) is 4.79 Å². The molecule has 0 saturated heterocycles. The minimum atomic E-state index is -0.273. The summed E-state index contributed by atoms with van der Waals surface area (Å²) in [5.74, 6) is 0.573. The summed E-state index contributed by atoms with van der Waals surface area (Å²) in [5.41, 5.74) is 4.46. The third-order valence-corrected chi connectivity index (χ3v) is 4.26. The average molecular weight is 297 g/mol. The van der Waals surface area contributed by atoms with E-state index in [4.69, 9.17) is 4.42 Å². The molecule has 3 heterocycles. The highest BCUT2D eigenvalue weighted by Gasteiger charge is 2.25. The van der Waals surface area contributed by atoms with Crippen molar-refractivity contribution in [3.05, 3.63) is 34.4 Å². The molecule has 1 aliphatic carbocycles. The quantitative estimate of drug-likeness (QED) is 0.756. The molecule has 0 saturated carbocycles. The van der Waals surface area contributed by atoms with E-state index in [2.05, 4.69) is 25.7 Å². The Morgan fingerprint density at radius 3 is 3.05 bits per heavy atom. The summed E-state index contributed by atoms with van der Waals surface area (Å²) in [6, 6.07) is 0. The Labute approximate surface area is 126 Å². The zero-order valence-electron chi connectivity index (χ0n) is 12.4. The zero-order valence-corrected chi connectivity index (χ0v) is 12.4. The number of fused-ring (bicyclic) bond motifs is 2. The maximum atomic E-state index is 12.5. The third kappa shape index (κ3) is 1.82. The molecule has 7 nitrogen and oxygen atoms in total. The van der Waals surface area contributed by atoms with Crippen LogP contribution in [0.3, 0.4) is 0 Å². The van der Waals surface area contributed by atoms with Crippen LogP contribution in [0.5, 0.6) is 0 Å². The molecule has 0 atom stereocenters. The number of anilines is 1. The molecule has 3 aromatic heterocycles. The van der Waals surface area contributed by atoms with E-state index in [-0.39, 0.29) is 5.91 Å². The molecule has 112 valence electrons. The molecule has 0 spiro atoms. The van der Waals surface area contributed by atoms with Crippen LogP contribution in [0.4, 0.5) is 5.82 Å². The van der Waals surface area contributed by atoms with Crippen LogP contribution >= 0.6 is 0 Å². The molecule has 4 rings (SSSR count). The number of aryl methyl sites for hydroxylation is 3. The number of nitrogens with one attached hydrogen (secondary N) is 2. The monoisotopic (exact) mass is 297 g/mol. The largest absolute Gasteiger partial charge is 0.459 e. The predicted molar refractivity (Wildman–Crippen MR) is 79.8 cm³/mol. The first kappa shape index (κ1) is 13.0. The van der Waals surface area contributed by atoms with Crippen molar-refractivity contribution in [1.29, 1.82) is 0 Å². The minimum absolute atomic E-state index is 0.273. The molecule has 0 radical (unpaired) electrons. The molecule has 0 bridgehead atoms. The molecule has 2 N–H and O–H groups in total. The summed E-state index contributed by atoms with van der Waals surface area (Å²) in [7, 11) is 0. The number of hydrogen-bond donors (Lipinski definition) is 2. The topological polar surface area (TPSA) is 96.7 Å². The Hall–Kier alpha value is -2.70. The van der Waals surface area contributed by atoms with E-state index in [1.54, 1.807) is 6.26 Å². The Balaban J connectivity index is 1.71. The second-order valence-corrected chi connectivity index (χ2v) is 5.58. The van der Waals surface area contributed by atoms with E-state index >= 15 is 0 Å². The summed E-state index contributed by atoms with van der Waals surface area (Å²) in [5, 5.41) is 18.6. The normalized spacial score (nSPS) is 13.5. The van der Waals surface area contributed by atoms with Gasteiger partial charge in [0.05, 0.1) is 17.3 Å². The molecule has 0 aromatic carbocycles. The van der Waals surface area contributed by atoms with Crippen molar-refractivity contribution >= 4 is 22.8 Å². The van der Waals surface area contributed by atoms with Crippen LogP contribution < -0.4 is 5.32 Å². The van der Waals surface area contributed by atoms with Crippen LogP contribution in [0.25, 0.3) is 11.0 Å². The van der Waals surface area contributed by atoms with Crippen LogP contribution in [-0.2, 0) is 12.8 Å². The highest BCUT2D eigenvalue weighted by molar-refractivity contribution is 6.07. The molecular formula is C15H15N5O2. The molecule has 3 aromatic rings. The summed E-state index contributed by atoms with van der Waals surface area (Å²) < 4.78 is 5.44. The Morgan fingerprint density at radius 2 is 2.18 bits per heavy atom. The van der Waals surface area contributed by atoms with Gasteiger partial charge in [-0.2, -0.15) is 10.2 Å². The van der Waals surface area contributed by atoms with Crippen LogP contribution in [-0.4, -0.2) is 26.3 Å². The van der Waals surface area contributed by atoms with Gasteiger partial charge in [-0.15, -0.1) is 5.10 Å². The van der Waals surface area contributed by atoms with Gasteiger partial charge in [0.15, 0.2) is 17.2 Å². The Bertz CT molecular complexity index is 893. The molecule has 1 aliphatic rings. The van der Waals surface area contributed by atoms with Crippen molar-refractivity contribution in [3.8, 4) is 0 Å². The number of furan rings is 1. The number of hydrogen-bond acceptors (Lipinski definition) is 5. The van der Waals surface area contributed by atoms with Gasteiger partial charge in [-0.1, -0.05) is 0 Å². The Kier molecular flexibility index (Phi) is 2.75. The van der Waals surface area contributed by atoms with E-state index in [1.807, 2.05) is 13.8 Å². The van der Waals surface area contributed by atoms with E-state index in [1.165, 1.54) is 0 Å². The van der Waals surface area contributed by atoms with Gasteiger partial charge < -0.3 is 9.73 Å². The predicted octanol–water partition coefficient (Wildman–Crippen LogP) is 2.30. The summed E-state index contributed by atoms with van der Waals surface area (Å²) in [4.78, 5) is 12.5. The van der Waals surface area contributed by atoms with Gasteiger partial charge in [-0.25, -0.2) is 0 Å². The van der Waals surface area contributed by atoms with E-state index < -0.39 is 0 Å². The highest BCUT2D eigenvalue weighted by atomic mass is 16.3. The van der Waals surface area contributed by atoms with Crippen LogP contribution in [0.15, 0.2) is 10.7 Å². The Morgan fingerprint density at radius 1 is 1.32 bits per heavy atom. The summed E-state index contributed by atoms with van der Waals surface area (Å²) in [6.07, 6.45) is 4.62. The van der Waals surface area contributed by atoms with Crippen molar-refractivity contribution < 1.29 is 9.21 Å². The lowest BCUT2D eigenvalue weighted by atomic mass is 10.1. The van der Waals surface area contributed by atoms with Gasteiger partial charge >= 0.3 is 0 Å². The molecule has 22 heavy (non-hydrogen) atoms. The van der Waals surface area contributed by atoms with Gasteiger partial charge in [0.1, 0.15) is 0 Å². The number of aromatic nitrogens is 4. The van der Waals surface area contributed by atoms with Gasteiger partial charge in [0, 0.05) is 5.56 Å². The number of amides is 1. The third-order valence-electron chi connectivity index (χ3n) is 4.26. The molecule has 0 unspecified atom stereocenters.